The molecule has 180 valence electrons. The Hall–Kier alpha value is -4.85. The summed E-state index contributed by atoms with van der Waals surface area (Å²) in [5.74, 6) is 1.70. The SMILES string of the molecule is COc1ccc(NC(=O)c2c(-c3cc(OC)c(OC)c(OC)c3)nc3c(C#N)c[nH]n23)cc1OC. The highest BCUT2D eigenvalue weighted by Crippen LogP contribution is 2.42. The molecule has 0 saturated heterocycles. The minimum atomic E-state index is -0.472. The van der Waals surface area contributed by atoms with Gasteiger partial charge in [0.2, 0.25) is 5.75 Å². The molecule has 2 N–H and O–H groups in total. The number of benzene rings is 2. The number of methoxy groups -OCH3 is 5. The second-order valence-electron chi connectivity index (χ2n) is 7.20. The van der Waals surface area contributed by atoms with Crippen LogP contribution in [0.15, 0.2) is 36.5 Å². The van der Waals surface area contributed by atoms with E-state index in [1.807, 2.05) is 0 Å². The maximum absolute atomic E-state index is 13.5. The van der Waals surface area contributed by atoms with Crippen LogP contribution in [0.1, 0.15) is 16.1 Å². The van der Waals surface area contributed by atoms with Crippen LogP contribution >= 0.6 is 0 Å². The summed E-state index contributed by atoms with van der Waals surface area (Å²) < 4.78 is 28.4. The Balaban J connectivity index is 1.87. The van der Waals surface area contributed by atoms with E-state index in [-0.39, 0.29) is 11.3 Å². The minimum Gasteiger partial charge on any atom is -0.493 e. The molecule has 35 heavy (non-hydrogen) atoms. The zero-order valence-electron chi connectivity index (χ0n) is 19.8. The molecular weight excluding hydrogens is 454 g/mol. The maximum atomic E-state index is 13.5. The lowest BCUT2D eigenvalue weighted by Crippen LogP contribution is -2.16. The summed E-state index contributed by atoms with van der Waals surface area (Å²) in [5, 5.41) is 15.3. The van der Waals surface area contributed by atoms with Crippen molar-refractivity contribution in [3.63, 3.8) is 0 Å². The number of hydrogen-bond donors (Lipinski definition) is 2. The second kappa shape index (κ2) is 9.56. The van der Waals surface area contributed by atoms with E-state index in [1.165, 1.54) is 46.3 Å². The van der Waals surface area contributed by atoms with Crippen molar-refractivity contribution in [3.8, 4) is 46.1 Å². The fourth-order valence-electron chi connectivity index (χ4n) is 3.74. The quantitative estimate of drug-likeness (QED) is 0.394. The Morgan fingerprint density at radius 1 is 0.943 bits per heavy atom. The average molecular weight is 477 g/mol. The number of carbonyl (C=O) groups excluding carboxylic acids is 1. The molecule has 0 aliphatic heterocycles. The van der Waals surface area contributed by atoms with Gasteiger partial charge in [0, 0.05) is 23.5 Å². The van der Waals surface area contributed by atoms with Crippen LogP contribution in [0.5, 0.6) is 28.7 Å². The largest absolute Gasteiger partial charge is 0.493 e. The number of nitrogens with one attached hydrogen (secondary N) is 2. The van der Waals surface area contributed by atoms with E-state index in [9.17, 15) is 10.1 Å². The van der Waals surface area contributed by atoms with Crippen molar-refractivity contribution in [3.05, 3.63) is 47.8 Å². The molecule has 0 aliphatic carbocycles. The average Bonchev–Trinajstić information content (AvgIpc) is 3.46. The van der Waals surface area contributed by atoms with Gasteiger partial charge in [-0.15, -0.1) is 0 Å². The highest BCUT2D eigenvalue weighted by molar-refractivity contribution is 6.08. The Morgan fingerprint density at radius 3 is 2.17 bits per heavy atom. The van der Waals surface area contributed by atoms with Crippen molar-refractivity contribution in [1.82, 2.24) is 14.6 Å². The lowest BCUT2D eigenvalue weighted by Gasteiger charge is -2.14. The molecule has 2 aromatic carbocycles. The first-order chi connectivity index (χ1) is 17.0. The van der Waals surface area contributed by atoms with Crippen molar-refractivity contribution in [2.75, 3.05) is 40.9 Å². The minimum absolute atomic E-state index is 0.172. The number of ether oxygens (including phenoxy) is 5. The lowest BCUT2D eigenvalue weighted by atomic mass is 10.1. The molecule has 1 amide bonds. The molecule has 2 aromatic heterocycles. The number of nitrogens with zero attached hydrogens (tertiary/aromatic N) is 3. The van der Waals surface area contributed by atoms with Gasteiger partial charge in [-0.25, -0.2) is 9.50 Å². The van der Waals surface area contributed by atoms with Crippen molar-refractivity contribution in [1.29, 1.82) is 5.26 Å². The highest BCUT2D eigenvalue weighted by atomic mass is 16.5. The number of amides is 1. The van der Waals surface area contributed by atoms with Crippen LogP contribution in [0.4, 0.5) is 5.69 Å². The fraction of sp³-hybridized carbons (Fsp3) is 0.208. The van der Waals surface area contributed by atoms with Crippen molar-refractivity contribution < 1.29 is 28.5 Å². The molecule has 0 unspecified atom stereocenters. The van der Waals surface area contributed by atoms with E-state index in [1.54, 1.807) is 30.3 Å². The molecule has 4 rings (SSSR count). The van der Waals surface area contributed by atoms with E-state index in [0.29, 0.717) is 51.3 Å². The summed E-state index contributed by atoms with van der Waals surface area (Å²) in [7, 11) is 7.53. The predicted molar refractivity (Wildman–Crippen MR) is 127 cm³/mol. The summed E-state index contributed by atoms with van der Waals surface area (Å²) in [4.78, 5) is 18.1. The molecule has 4 aromatic rings. The number of rotatable bonds is 8. The molecule has 11 heteroatoms. The summed E-state index contributed by atoms with van der Waals surface area (Å²) in [6.07, 6.45) is 1.48. The van der Waals surface area contributed by atoms with Crippen LogP contribution in [0.3, 0.4) is 0 Å². The number of aromatic nitrogens is 3. The van der Waals surface area contributed by atoms with Gasteiger partial charge in [-0.1, -0.05) is 0 Å². The van der Waals surface area contributed by atoms with Gasteiger partial charge < -0.3 is 29.0 Å². The Labute approximate surface area is 200 Å². The van der Waals surface area contributed by atoms with Gasteiger partial charge in [-0.05, 0) is 24.3 Å². The van der Waals surface area contributed by atoms with Crippen LogP contribution in [-0.2, 0) is 0 Å². The molecule has 2 heterocycles. The Kier molecular flexibility index (Phi) is 6.37. The smallest absolute Gasteiger partial charge is 0.276 e. The third kappa shape index (κ3) is 4.02. The van der Waals surface area contributed by atoms with Crippen LogP contribution < -0.4 is 29.0 Å². The van der Waals surface area contributed by atoms with Crippen LogP contribution in [0.2, 0.25) is 0 Å². The molecule has 0 fully saturated rings. The molecule has 0 bridgehead atoms. The first-order valence-corrected chi connectivity index (χ1v) is 10.3. The zero-order chi connectivity index (χ0) is 25.1. The standard InChI is InChI=1S/C24H23N5O6/c1-31-16-7-6-15(10-17(16)32-2)27-24(30)21-20(28-23-14(11-25)12-26-29(21)23)13-8-18(33-3)22(35-5)19(9-13)34-4/h6-10,12,26H,1-5H3,(H,27,30). The van der Waals surface area contributed by atoms with E-state index < -0.39 is 5.91 Å². The monoisotopic (exact) mass is 477 g/mol. The normalized spacial score (nSPS) is 10.5. The molecule has 0 spiro atoms. The number of carbonyl (C=O) groups is 1. The summed E-state index contributed by atoms with van der Waals surface area (Å²) in [6, 6.07) is 10.5. The molecule has 0 radical (unpaired) electrons. The molecule has 11 nitrogen and oxygen atoms in total. The summed E-state index contributed by atoms with van der Waals surface area (Å²) in [6.45, 7) is 0. The lowest BCUT2D eigenvalue weighted by molar-refractivity contribution is 0.102. The van der Waals surface area contributed by atoms with Gasteiger partial charge in [0.25, 0.3) is 5.91 Å². The number of nitriles is 1. The van der Waals surface area contributed by atoms with Crippen molar-refractivity contribution in [2.24, 2.45) is 0 Å². The van der Waals surface area contributed by atoms with E-state index >= 15 is 0 Å². The van der Waals surface area contributed by atoms with Gasteiger partial charge in [-0.2, -0.15) is 5.26 Å². The van der Waals surface area contributed by atoms with Gasteiger partial charge in [0.1, 0.15) is 17.3 Å². The number of anilines is 1. The van der Waals surface area contributed by atoms with Crippen molar-refractivity contribution in [2.45, 2.75) is 0 Å². The number of fused-ring (bicyclic) bond motifs is 1. The first kappa shape index (κ1) is 23.3. The van der Waals surface area contributed by atoms with Crippen LogP contribution in [0.25, 0.3) is 16.9 Å². The van der Waals surface area contributed by atoms with Gasteiger partial charge in [0.15, 0.2) is 34.3 Å². The van der Waals surface area contributed by atoms with Gasteiger partial charge >= 0.3 is 0 Å². The van der Waals surface area contributed by atoms with Gasteiger partial charge in [-0.3, -0.25) is 9.89 Å². The topological polar surface area (TPSA) is 132 Å². The molecule has 0 atom stereocenters. The summed E-state index contributed by atoms with van der Waals surface area (Å²) in [5.41, 5.74) is 2.07. The number of hydrogen-bond acceptors (Lipinski definition) is 8. The molecule has 0 aliphatic rings. The number of H-pyrrole nitrogens is 1. The van der Waals surface area contributed by atoms with Crippen LogP contribution in [0, 0.1) is 11.3 Å². The number of aromatic amines is 1. The maximum Gasteiger partial charge on any atom is 0.276 e. The van der Waals surface area contributed by atoms with Gasteiger partial charge in [0.05, 0.1) is 35.5 Å². The Morgan fingerprint density at radius 2 is 1.60 bits per heavy atom. The third-order valence-corrected chi connectivity index (χ3v) is 5.37. The number of imidazole rings is 1. The third-order valence-electron chi connectivity index (χ3n) is 5.37. The first-order valence-electron chi connectivity index (χ1n) is 10.3. The van der Waals surface area contributed by atoms with E-state index in [4.69, 9.17) is 23.7 Å². The van der Waals surface area contributed by atoms with E-state index in [2.05, 4.69) is 21.5 Å². The fourth-order valence-corrected chi connectivity index (χ4v) is 3.74. The second-order valence-corrected chi connectivity index (χ2v) is 7.20. The predicted octanol–water partition coefficient (Wildman–Crippen LogP) is 3.50. The van der Waals surface area contributed by atoms with E-state index in [0.717, 1.165) is 0 Å². The Bertz CT molecular complexity index is 1420. The molecular formula is C24H23N5O6. The highest BCUT2D eigenvalue weighted by Gasteiger charge is 2.26. The zero-order valence-corrected chi connectivity index (χ0v) is 19.8. The van der Waals surface area contributed by atoms with Crippen molar-refractivity contribution >= 4 is 17.2 Å². The summed E-state index contributed by atoms with van der Waals surface area (Å²) >= 11 is 0. The molecule has 0 saturated carbocycles. The van der Waals surface area contributed by atoms with Crippen LogP contribution in [-0.4, -0.2) is 56.1 Å².